The Kier molecular flexibility index (Phi) is 3.92. The Hall–Kier alpha value is -2.23. The van der Waals surface area contributed by atoms with Gasteiger partial charge in [0.1, 0.15) is 22.6 Å². The summed E-state index contributed by atoms with van der Waals surface area (Å²) in [6.45, 7) is 0. The van der Waals surface area contributed by atoms with Crippen molar-refractivity contribution in [2.45, 2.75) is 5.75 Å². The zero-order valence-corrected chi connectivity index (χ0v) is 13.1. The third kappa shape index (κ3) is 3.41. The molecule has 0 fully saturated rings. The number of carbonyl (C=O) groups excluding carboxylic acids is 1. The zero-order chi connectivity index (χ0) is 16.6. The Morgan fingerprint density at radius 2 is 1.74 bits per heavy atom. The van der Waals surface area contributed by atoms with Crippen LogP contribution in [0.5, 0.6) is 0 Å². The second kappa shape index (κ2) is 5.76. The molecule has 1 aromatic heterocycles. The predicted octanol–water partition coefficient (Wildman–Crippen LogP) is 2.45. The van der Waals surface area contributed by atoms with Crippen LogP contribution in [0.15, 0.2) is 36.4 Å². The van der Waals surface area contributed by atoms with E-state index in [0.717, 1.165) is 23.9 Å². The van der Waals surface area contributed by atoms with Crippen LogP contribution in [0.3, 0.4) is 0 Å². The summed E-state index contributed by atoms with van der Waals surface area (Å²) in [6.07, 6.45) is 0. The third-order valence-corrected chi connectivity index (χ3v) is 4.40. The van der Waals surface area contributed by atoms with Gasteiger partial charge in [0, 0.05) is 11.1 Å². The van der Waals surface area contributed by atoms with Crippen LogP contribution in [-0.2, 0) is 15.9 Å². The minimum Gasteiger partial charge on any atom is -0.289 e. The number of nitrogens with zero attached hydrogens (tertiary/aromatic N) is 2. The maximum Gasteiger partial charge on any atom is 0.269 e. The lowest BCUT2D eigenvalue weighted by molar-refractivity contribution is 0.103. The maximum atomic E-state index is 13.0. The lowest BCUT2D eigenvalue weighted by Crippen LogP contribution is -2.10. The smallest absolute Gasteiger partial charge is 0.269 e. The quantitative estimate of drug-likeness (QED) is 0.572. The summed E-state index contributed by atoms with van der Waals surface area (Å²) < 4.78 is 52.5. The molecular formula is C14H9FN2O4S2. The van der Waals surface area contributed by atoms with Gasteiger partial charge in [-0.3, -0.25) is 9.35 Å². The average molecular weight is 352 g/mol. The molecule has 1 heterocycles. The topological polar surface area (TPSA) is 97.2 Å². The molecular weight excluding hydrogens is 343 g/mol. The van der Waals surface area contributed by atoms with E-state index in [4.69, 9.17) is 4.55 Å². The molecule has 118 valence electrons. The van der Waals surface area contributed by atoms with Crippen LogP contribution in [0.1, 0.15) is 21.5 Å². The van der Waals surface area contributed by atoms with Gasteiger partial charge in [0.15, 0.2) is 5.78 Å². The molecule has 3 rings (SSSR count). The van der Waals surface area contributed by atoms with Crippen molar-refractivity contribution in [2.75, 3.05) is 0 Å². The molecule has 0 saturated carbocycles. The fourth-order valence-electron chi connectivity index (χ4n) is 2.16. The molecule has 0 aliphatic rings. The van der Waals surface area contributed by atoms with Gasteiger partial charge in [0.05, 0.1) is 11.7 Å². The summed E-state index contributed by atoms with van der Waals surface area (Å²) in [4.78, 5) is 12.6. The molecule has 3 aromatic rings. The number of hydrogen-bond donors (Lipinski definition) is 1. The van der Waals surface area contributed by atoms with Crippen molar-refractivity contribution >= 4 is 38.7 Å². The van der Waals surface area contributed by atoms with Gasteiger partial charge in [-0.15, -0.1) is 0 Å². The van der Waals surface area contributed by atoms with E-state index in [0.29, 0.717) is 11.0 Å². The number of fused-ring (bicyclic) bond motifs is 1. The summed E-state index contributed by atoms with van der Waals surface area (Å²) >= 11 is 0.925. The standard InChI is InChI=1S/C14H9FN2O4S2/c15-10-3-1-8(2-4-10)14(18)11-6-13-12(16-22-17-13)5-9(11)7-23(19,20)21/h1-6H,7H2,(H,19,20,21). The van der Waals surface area contributed by atoms with Crippen LogP contribution in [0.2, 0.25) is 0 Å². The predicted molar refractivity (Wildman–Crippen MR) is 82.5 cm³/mol. The Bertz CT molecular complexity index is 997. The van der Waals surface area contributed by atoms with Gasteiger partial charge in [0.25, 0.3) is 10.1 Å². The van der Waals surface area contributed by atoms with E-state index >= 15 is 0 Å². The average Bonchev–Trinajstić information content (AvgIpc) is 2.92. The number of rotatable bonds is 4. The second-order valence-electron chi connectivity index (χ2n) is 4.82. The summed E-state index contributed by atoms with van der Waals surface area (Å²) in [7, 11) is -4.33. The minimum absolute atomic E-state index is 0.0782. The minimum atomic E-state index is -4.33. The van der Waals surface area contributed by atoms with Gasteiger partial charge in [0.2, 0.25) is 0 Å². The Morgan fingerprint density at radius 3 is 2.35 bits per heavy atom. The molecule has 0 aliphatic carbocycles. The molecule has 0 amide bonds. The van der Waals surface area contributed by atoms with Crippen molar-refractivity contribution in [3.8, 4) is 0 Å². The summed E-state index contributed by atoms with van der Waals surface area (Å²) in [5, 5.41) is 0. The van der Waals surface area contributed by atoms with Crippen LogP contribution < -0.4 is 0 Å². The van der Waals surface area contributed by atoms with Gasteiger partial charge < -0.3 is 0 Å². The molecule has 9 heteroatoms. The Morgan fingerprint density at radius 1 is 1.13 bits per heavy atom. The maximum absolute atomic E-state index is 13.0. The highest BCUT2D eigenvalue weighted by atomic mass is 32.2. The van der Waals surface area contributed by atoms with E-state index in [9.17, 15) is 17.6 Å². The highest BCUT2D eigenvalue weighted by Gasteiger charge is 2.20. The van der Waals surface area contributed by atoms with Gasteiger partial charge in [-0.1, -0.05) is 0 Å². The molecule has 1 N–H and O–H groups in total. The first-order chi connectivity index (χ1) is 10.8. The van der Waals surface area contributed by atoms with Crippen LogP contribution >= 0.6 is 11.7 Å². The molecule has 0 atom stereocenters. The lowest BCUT2D eigenvalue weighted by atomic mass is 9.98. The molecule has 0 spiro atoms. The van der Waals surface area contributed by atoms with Crippen molar-refractivity contribution in [2.24, 2.45) is 0 Å². The highest BCUT2D eigenvalue weighted by Crippen LogP contribution is 2.23. The van der Waals surface area contributed by atoms with Crippen LogP contribution in [-0.4, -0.2) is 27.5 Å². The number of ketones is 1. The molecule has 2 aromatic carbocycles. The zero-order valence-electron chi connectivity index (χ0n) is 11.4. The molecule has 0 aliphatic heterocycles. The van der Waals surface area contributed by atoms with Crippen molar-refractivity contribution in [3.05, 3.63) is 58.9 Å². The largest absolute Gasteiger partial charge is 0.289 e. The van der Waals surface area contributed by atoms with Gasteiger partial charge >= 0.3 is 0 Å². The number of carbonyl (C=O) groups is 1. The number of hydrogen-bond acceptors (Lipinski definition) is 6. The van der Waals surface area contributed by atoms with Gasteiger partial charge in [-0.05, 0) is 42.0 Å². The Labute approximate surface area is 134 Å². The summed E-state index contributed by atoms with van der Waals surface area (Å²) in [5.41, 5.74) is 1.27. The van der Waals surface area contributed by atoms with Crippen molar-refractivity contribution in [3.63, 3.8) is 0 Å². The number of aromatic nitrogens is 2. The van der Waals surface area contributed by atoms with E-state index in [1.54, 1.807) is 0 Å². The van der Waals surface area contributed by atoms with Crippen LogP contribution in [0.25, 0.3) is 11.0 Å². The van der Waals surface area contributed by atoms with E-state index in [-0.39, 0.29) is 16.7 Å². The van der Waals surface area contributed by atoms with Gasteiger partial charge in [-0.2, -0.15) is 17.2 Å². The fraction of sp³-hybridized carbons (Fsp3) is 0.0714. The van der Waals surface area contributed by atoms with Crippen molar-refractivity contribution < 1.29 is 22.2 Å². The Balaban J connectivity index is 2.15. The normalized spacial score (nSPS) is 11.7. The van der Waals surface area contributed by atoms with Gasteiger partial charge in [-0.25, -0.2) is 4.39 Å². The SMILES string of the molecule is O=C(c1ccc(F)cc1)c1cc2nsnc2cc1CS(=O)(=O)O. The van der Waals surface area contributed by atoms with E-state index in [2.05, 4.69) is 8.75 Å². The number of halogens is 1. The third-order valence-electron chi connectivity index (χ3n) is 3.17. The van der Waals surface area contributed by atoms with Crippen LogP contribution in [0.4, 0.5) is 4.39 Å². The molecule has 0 radical (unpaired) electrons. The number of benzene rings is 2. The van der Waals surface area contributed by atoms with E-state index in [1.165, 1.54) is 24.3 Å². The summed E-state index contributed by atoms with van der Waals surface area (Å²) in [5.74, 6) is -1.69. The second-order valence-corrected chi connectivity index (χ2v) is 6.81. The van der Waals surface area contributed by atoms with E-state index < -0.39 is 27.5 Å². The lowest BCUT2D eigenvalue weighted by Gasteiger charge is -2.08. The first-order valence-electron chi connectivity index (χ1n) is 6.34. The first-order valence-corrected chi connectivity index (χ1v) is 8.68. The van der Waals surface area contributed by atoms with E-state index in [1.807, 2.05) is 0 Å². The van der Waals surface area contributed by atoms with Crippen molar-refractivity contribution in [1.29, 1.82) is 0 Å². The molecule has 0 unspecified atom stereocenters. The summed E-state index contributed by atoms with van der Waals surface area (Å²) in [6, 6.07) is 7.71. The molecule has 0 saturated heterocycles. The van der Waals surface area contributed by atoms with Crippen molar-refractivity contribution in [1.82, 2.24) is 8.75 Å². The van der Waals surface area contributed by atoms with Crippen LogP contribution in [0, 0.1) is 5.82 Å². The molecule has 0 bridgehead atoms. The monoisotopic (exact) mass is 352 g/mol. The first kappa shape index (κ1) is 15.7. The highest BCUT2D eigenvalue weighted by molar-refractivity contribution is 7.85. The molecule has 23 heavy (non-hydrogen) atoms. The fourth-order valence-corrected chi connectivity index (χ4v) is 3.30. The molecule has 6 nitrogen and oxygen atoms in total.